The van der Waals surface area contributed by atoms with Crippen molar-refractivity contribution in [3.05, 3.63) is 0 Å². The van der Waals surface area contributed by atoms with Crippen LogP contribution in [0.2, 0.25) is 0 Å². The Morgan fingerprint density at radius 2 is 2.00 bits per heavy atom. The lowest BCUT2D eigenvalue weighted by atomic mass is 9.88. The first-order valence-electron chi connectivity index (χ1n) is 7.86. The van der Waals surface area contributed by atoms with Gasteiger partial charge in [0.1, 0.15) is 0 Å². The Kier molecular flexibility index (Phi) is 5.23. The average molecular weight is 269 g/mol. The maximum Gasteiger partial charge on any atom is 0.0797 e. The smallest absolute Gasteiger partial charge is 0.0797 e. The number of hydrogen-bond donors (Lipinski definition) is 2. The highest BCUT2D eigenvalue weighted by Crippen LogP contribution is 2.37. The number of piperidine rings is 1. The molecule has 112 valence electrons. The summed E-state index contributed by atoms with van der Waals surface area (Å²) < 4.78 is 0. The van der Waals surface area contributed by atoms with Crippen molar-refractivity contribution < 1.29 is 5.11 Å². The molecule has 1 saturated heterocycles. The predicted molar refractivity (Wildman–Crippen MR) is 79.1 cm³/mol. The van der Waals surface area contributed by atoms with Crippen molar-refractivity contribution in [1.29, 1.82) is 0 Å². The normalized spacial score (nSPS) is 34.3. The lowest BCUT2D eigenvalue weighted by Gasteiger charge is -2.36. The van der Waals surface area contributed by atoms with E-state index in [0.29, 0.717) is 12.5 Å². The Balaban J connectivity index is 1.75. The molecule has 1 aliphatic carbocycles. The van der Waals surface area contributed by atoms with E-state index in [-0.39, 0.29) is 0 Å². The molecule has 1 saturated carbocycles. The Morgan fingerprint density at radius 3 is 2.63 bits per heavy atom. The molecular formula is C15H31N3O. The molecule has 0 radical (unpaired) electrons. The molecule has 2 aliphatic rings. The van der Waals surface area contributed by atoms with Crippen LogP contribution in [-0.2, 0) is 0 Å². The van der Waals surface area contributed by atoms with Crippen LogP contribution in [0.3, 0.4) is 0 Å². The lowest BCUT2D eigenvalue weighted by molar-refractivity contribution is 0.00300. The van der Waals surface area contributed by atoms with Crippen LogP contribution >= 0.6 is 0 Å². The molecule has 2 unspecified atom stereocenters. The molecule has 0 amide bonds. The highest BCUT2D eigenvalue weighted by Gasteiger charge is 2.39. The fraction of sp³-hybridized carbons (Fsp3) is 1.00. The second kappa shape index (κ2) is 6.53. The van der Waals surface area contributed by atoms with Gasteiger partial charge in [0.2, 0.25) is 0 Å². The van der Waals surface area contributed by atoms with Crippen molar-refractivity contribution in [3.63, 3.8) is 0 Å². The highest BCUT2D eigenvalue weighted by atomic mass is 16.3. The van der Waals surface area contributed by atoms with Gasteiger partial charge in [0.05, 0.1) is 5.60 Å². The molecular weight excluding hydrogens is 238 g/mol. The van der Waals surface area contributed by atoms with Crippen LogP contribution in [0.15, 0.2) is 0 Å². The molecule has 2 rings (SSSR count). The summed E-state index contributed by atoms with van der Waals surface area (Å²) in [5, 5.41) is 10.5. The van der Waals surface area contributed by atoms with Gasteiger partial charge in [-0.15, -0.1) is 0 Å². The molecule has 1 aliphatic heterocycles. The minimum atomic E-state index is -0.576. The summed E-state index contributed by atoms with van der Waals surface area (Å²) in [6.45, 7) is 3.95. The van der Waals surface area contributed by atoms with E-state index in [1.165, 1.54) is 25.9 Å². The zero-order valence-corrected chi connectivity index (χ0v) is 12.6. The van der Waals surface area contributed by atoms with E-state index in [1.54, 1.807) is 0 Å². The van der Waals surface area contributed by atoms with Gasteiger partial charge >= 0.3 is 0 Å². The van der Waals surface area contributed by atoms with Gasteiger partial charge in [0.15, 0.2) is 0 Å². The molecule has 0 aromatic rings. The molecule has 2 fully saturated rings. The maximum absolute atomic E-state index is 10.5. The molecule has 4 heteroatoms. The van der Waals surface area contributed by atoms with Gasteiger partial charge in [-0.25, -0.2) is 0 Å². The van der Waals surface area contributed by atoms with Crippen molar-refractivity contribution in [2.24, 2.45) is 11.7 Å². The summed E-state index contributed by atoms with van der Waals surface area (Å²) in [7, 11) is 4.45. The Labute approximate surface area is 117 Å². The van der Waals surface area contributed by atoms with Gasteiger partial charge < -0.3 is 20.6 Å². The van der Waals surface area contributed by atoms with E-state index < -0.39 is 5.60 Å². The van der Waals surface area contributed by atoms with Crippen molar-refractivity contribution in [3.8, 4) is 0 Å². The summed E-state index contributed by atoms with van der Waals surface area (Å²) in [5.74, 6) is 0.409. The SMILES string of the molecule is CN1CCC(N(C)CCC2CCCC2(O)CN)CC1. The summed E-state index contributed by atoms with van der Waals surface area (Å²) in [4.78, 5) is 4.91. The van der Waals surface area contributed by atoms with Crippen molar-refractivity contribution in [2.75, 3.05) is 40.3 Å². The molecule has 0 aromatic carbocycles. The van der Waals surface area contributed by atoms with Crippen molar-refractivity contribution in [1.82, 2.24) is 9.80 Å². The van der Waals surface area contributed by atoms with Gasteiger partial charge in [0, 0.05) is 12.6 Å². The van der Waals surface area contributed by atoms with E-state index in [2.05, 4.69) is 23.9 Å². The third-order valence-corrected chi connectivity index (χ3v) is 5.42. The van der Waals surface area contributed by atoms with Gasteiger partial charge in [-0.05, 0) is 71.8 Å². The summed E-state index contributed by atoms with van der Waals surface area (Å²) in [5.41, 5.74) is 5.18. The zero-order valence-electron chi connectivity index (χ0n) is 12.6. The molecule has 2 atom stereocenters. The molecule has 0 spiro atoms. The molecule has 19 heavy (non-hydrogen) atoms. The second-order valence-corrected chi connectivity index (χ2v) is 6.70. The fourth-order valence-corrected chi connectivity index (χ4v) is 3.79. The van der Waals surface area contributed by atoms with Crippen molar-refractivity contribution in [2.45, 2.75) is 50.2 Å². The molecule has 4 nitrogen and oxygen atoms in total. The van der Waals surface area contributed by atoms with Crippen LogP contribution in [0.25, 0.3) is 0 Å². The maximum atomic E-state index is 10.5. The highest BCUT2D eigenvalue weighted by molar-refractivity contribution is 4.93. The first-order valence-corrected chi connectivity index (χ1v) is 7.86. The first-order chi connectivity index (χ1) is 9.05. The number of hydrogen-bond acceptors (Lipinski definition) is 4. The van der Waals surface area contributed by atoms with E-state index in [1.807, 2.05) is 0 Å². The molecule has 1 heterocycles. The molecule has 3 N–H and O–H groups in total. The van der Waals surface area contributed by atoms with E-state index in [9.17, 15) is 5.11 Å². The van der Waals surface area contributed by atoms with E-state index in [0.717, 1.165) is 38.3 Å². The van der Waals surface area contributed by atoms with Crippen LogP contribution in [0, 0.1) is 5.92 Å². The quantitative estimate of drug-likeness (QED) is 0.778. The fourth-order valence-electron chi connectivity index (χ4n) is 3.79. The predicted octanol–water partition coefficient (Wildman–Crippen LogP) is 0.892. The Hall–Kier alpha value is -0.160. The second-order valence-electron chi connectivity index (χ2n) is 6.70. The Bertz CT molecular complexity index is 279. The van der Waals surface area contributed by atoms with Gasteiger partial charge in [-0.3, -0.25) is 0 Å². The van der Waals surface area contributed by atoms with E-state index >= 15 is 0 Å². The van der Waals surface area contributed by atoms with Gasteiger partial charge in [-0.2, -0.15) is 0 Å². The standard InChI is InChI=1S/C15H31N3O/c1-17-9-6-14(7-10-17)18(2)11-5-13-4-3-8-15(13,19)12-16/h13-14,19H,3-12,16H2,1-2H3. The number of likely N-dealkylation sites (tertiary alicyclic amines) is 1. The van der Waals surface area contributed by atoms with E-state index in [4.69, 9.17) is 5.73 Å². The number of nitrogens with zero attached hydrogens (tertiary/aromatic N) is 2. The third kappa shape index (κ3) is 3.69. The van der Waals surface area contributed by atoms with Crippen LogP contribution in [0.1, 0.15) is 38.5 Å². The summed E-state index contributed by atoms with van der Waals surface area (Å²) in [6, 6.07) is 0.726. The van der Waals surface area contributed by atoms with Crippen molar-refractivity contribution >= 4 is 0 Å². The zero-order chi connectivity index (χ0) is 13.9. The number of aliphatic hydroxyl groups is 1. The van der Waals surface area contributed by atoms with Crippen LogP contribution in [0.4, 0.5) is 0 Å². The monoisotopic (exact) mass is 269 g/mol. The lowest BCUT2D eigenvalue weighted by Crippen LogP contribution is -2.45. The number of nitrogens with two attached hydrogens (primary N) is 1. The molecule has 0 aromatic heterocycles. The number of rotatable bonds is 5. The third-order valence-electron chi connectivity index (χ3n) is 5.42. The topological polar surface area (TPSA) is 52.7 Å². The van der Waals surface area contributed by atoms with Crippen LogP contribution in [-0.4, -0.2) is 66.8 Å². The Morgan fingerprint density at radius 1 is 1.32 bits per heavy atom. The molecule has 0 bridgehead atoms. The van der Waals surface area contributed by atoms with Gasteiger partial charge in [0.25, 0.3) is 0 Å². The summed E-state index contributed by atoms with van der Waals surface area (Å²) in [6.07, 6.45) is 6.82. The summed E-state index contributed by atoms with van der Waals surface area (Å²) >= 11 is 0. The average Bonchev–Trinajstić information content (AvgIpc) is 2.79. The van der Waals surface area contributed by atoms with Crippen LogP contribution in [0.5, 0.6) is 0 Å². The van der Waals surface area contributed by atoms with Crippen LogP contribution < -0.4 is 5.73 Å². The van der Waals surface area contributed by atoms with Gasteiger partial charge in [-0.1, -0.05) is 6.42 Å². The largest absolute Gasteiger partial charge is 0.388 e. The minimum Gasteiger partial charge on any atom is -0.388 e. The first kappa shape index (κ1) is 15.2. The minimum absolute atomic E-state index is 0.409.